The van der Waals surface area contributed by atoms with Crippen molar-refractivity contribution >= 4 is 17.5 Å². The van der Waals surface area contributed by atoms with Crippen molar-refractivity contribution in [2.24, 2.45) is 5.73 Å². The number of nitrogens with zero attached hydrogens (tertiary/aromatic N) is 3. The van der Waals surface area contributed by atoms with Gasteiger partial charge in [-0.1, -0.05) is 11.6 Å². The number of nitrogens with one attached hydrogen (secondary N) is 1. The normalized spacial score (nSPS) is 24.9. The highest BCUT2D eigenvalue weighted by molar-refractivity contribution is 6.31. The molecular weight excluding hydrogens is 378 g/mol. The van der Waals surface area contributed by atoms with Crippen molar-refractivity contribution in [1.29, 1.82) is 0 Å². The summed E-state index contributed by atoms with van der Waals surface area (Å²) in [4.78, 5) is 14.8. The zero-order valence-corrected chi connectivity index (χ0v) is 15.2. The van der Waals surface area contributed by atoms with Crippen LogP contribution in [0.5, 0.6) is 5.75 Å². The third-order valence-corrected chi connectivity index (χ3v) is 4.61. The summed E-state index contributed by atoms with van der Waals surface area (Å²) in [6.07, 6.45) is -2.85. The van der Waals surface area contributed by atoms with E-state index in [0.29, 0.717) is 17.3 Å². The Morgan fingerprint density at radius 1 is 1.44 bits per heavy atom. The van der Waals surface area contributed by atoms with E-state index in [9.17, 15) is 15.0 Å². The van der Waals surface area contributed by atoms with Gasteiger partial charge in [-0.15, -0.1) is 5.10 Å². The number of carbonyl (C=O) groups excluding carboxylic acids is 1. The predicted molar refractivity (Wildman–Crippen MR) is 94.2 cm³/mol. The van der Waals surface area contributed by atoms with Crippen LogP contribution in [0.3, 0.4) is 0 Å². The van der Waals surface area contributed by atoms with Crippen LogP contribution in [-0.2, 0) is 11.3 Å². The van der Waals surface area contributed by atoms with E-state index in [2.05, 4.69) is 15.4 Å². The van der Waals surface area contributed by atoms with Crippen molar-refractivity contribution in [1.82, 2.24) is 20.1 Å². The molecule has 0 bridgehead atoms. The number of aromatic nitrogens is 3. The maximum atomic E-state index is 11.1. The van der Waals surface area contributed by atoms with Gasteiger partial charge in [-0.25, -0.2) is 9.67 Å². The molecular formula is C16H20ClN5O5. The van der Waals surface area contributed by atoms with Crippen LogP contribution in [0.25, 0.3) is 0 Å². The first-order valence-electron chi connectivity index (χ1n) is 8.16. The smallest absolute Gasteiger partial charge is 0.288 e. The summed E-state index contributed by atoms with van der Waals surface area (Å²) in [5.74, 6) is -0.315. The van der Waals surface area contributed by atoms with Crippen LogP contribution in [0, 0.1) is 0 Å². The Hall–Kier alpha value is -2.24. The molecule has 0 radical (unpaired) electrons. The molecule has 0 unspecified atom stereocenters. The van der Waals surface area contributed by atoms with Gasteiger partial charge in [0.15, 0.2) is 6.23 Å². The van der Waals surface area contributed by atoms with Gasteiger partial charge >= 0.3 is 0 Å². The molecule has 27 heavy (non-hydrogen) atoms. The first-order valence-corrected chi connectivity index (χ1v) is 8.54. The molecule has 1 amide bonds. The predicted octanol–water partition coefficient (Wildman–Crippen LogP) is -0.552. The first kappa shape index (κ1) is 19.5. The van der Waals surface area contributed by atoms with Crippen LogP contribution in [-0.4, -0.2) is 62.9 Å². The van der Waals surface area contributed by atoms with Crippen molar-refractivity contribution in [2.45, 2.75) is 31.1 Å². The van der Waals surface area contributed by atoms with Crippen molar-refractivity contribution in [3.8, 4) is 5.75 Å². The second-order valence-electron chi connectivity index (χ2n) is 6.05. The lowest BCUT2D eigenvalue weighted by molar-refractivity contribution is -0.0439. The van der Waals surface area contributed by atoms with Gasteiger partial charge in [-0.3, -0.25) is 4.79 Å². The number of amides is 1. The van der Waals surface area contributed by atoms with E-state index in [-0.39, 0.29) is 12.4 Å². The van der Waals surface area contributed by atoms with E-state index in [1.54, 1.807) is 25.3 Å². The molecule has 4 atom stereocenters. The molecule has 2 heterocycles. The van der Waals surface area contributed by atoms with Crippen molar-refractivity contribution in [2.75, 3.05) is 13.7 Å². The number of methoxy groups -OCH3 is 1. The topological polar surface area (TPSA) is 145 Å². The largest absolute Gasteiger partial charge is 0.497 e. The zero-order chi connectivity index (χ0) is 19.6. The minimum absolute atomic E-state index is 0.200. The number of hydrogen-bond acceptors (Lipinski definition) is 8. The second-order valence-corrected chi connectivity index (χ2v) is 6.45. The van der Waals surface area contributed by atoms with E-state index in [1.165, 1.54) is 6.33 Å². The van der Waals surface area contributed by atoms with Gasteiger partial charge in [-0.05, 0) is 23.8 Å². The average molecular weight is 398 g/mol. The lowest BCUT2D eigenvalue weighted by atomic mass is 10.1. The number of nitrogens with two attached hydrogens (primary N) is 1. The molecule has 0 saturated carbocycles. The highest BCUT2D eigenvalue weighted by atomic mass is 35.5. The van der Waals surface area contributed by atoms with Crippen LogP contribution in [0.15, 0.2) is 24.5 Å². The molecule has 1 aromatic heterocycles. The summed E-state index contributed by atoms with van der Waals surface area (Å²) in [6.45, 7) is 0.665. The monoisotopic (exact) mass is 397 g/mol. The molecule has 1 aliphatic heterocycles. The van der Waals surface area contributed by atoms with E-state index in [0.717, 1.165) is 10.2 Å². The Bertz CT molecular complexity index is 816. The van der Waals surface area contributed by atoms with Gasteiger partial charge in [0, 0.05) is 18.1 Å². The van der Waals surface area contributed by atoms with Crippen molar-refractivity contribution in [3.05, 3.63) is 40.9 Å². The minimum atomic E-state index is -1.24. The van der Waals surface area contributed by atoms with Crippen LogP contribution >= 0.6 is 11.6 Å². The fourth-order valence-electron chi connectivity index (χ4n) is 2.79. The summed E-state index contributed by atoms with van der Waals surface area (Å²) in [5.41, 5.74) is 5.93. The lowest BCUT2D eigenvalue weighted by Gasteiger charge is -2.16. The number of carbonyl (C=O) groups is 1. The van der Waals surface area contributed by atoms with Gasteiger partial charge in [0.1, 0.15) is 30.4 Å². The van der Waals surface area contributed by atoms with Gasteiger partial charge in [-0.2, -0.15) is 0 Å². The number of ether oxygens (including phenoxy) is 2. The number of halogens is 1. The highest BCUT2D eigenvalue weighted by Crippen LogP contribution is 2.28. The van der Waals surface area contributed by atoms with Crippen LogP contribution in [0.4, 0.5) is 0 Å². The fourth-order valence-corrected chi connectivity index (χ4v) is 2.97. The number of aliphatic hydroxyl groups is 2. The molecule has 0 spiro atoms. The van der Waals surface area contributed by atoms with E-state index < -0.39 is 30.4 Å². The third kappa shape index (κ3) is 4.20. The molecule has 0 aliphatic carbocycles. The molecule has 1 saturated heterocycles. The molecule has 146 valence electrons. The Labute approximate surface area is 159 Å². The fraction of sp³-hybridized carbons (Fsp3) is 0.438. The Balaban J connectivity index is 1.60. The number of benzene rings is 1. The van der Waals surface area contributed by atoms with Crippen LogP contribution in [0.1, 0.15) is 22.4 Å². The molecule has 11 heteroatoms. The lowest BCUT2D eigenvalue weighted by Crippen LogP contribution is -2.37. The van der Waals surface area contributed by atoms with Gasteiger partial charge in [0.25, 0.3) is 5.91 Å². The number of primary amides is 1. The van der Waals surface area contributed by atoms with Crippen molar-refractivity contribution in [3.63, 3.8) is 0 Å². The summed E-state index contributed by atoms with van der Waals surface area (Å²) < 4.78 is 12.0. The number of rotatable bonds is 7. The zero-order valence-electron chi connectivity index (χ0n) is 14.4. The Morgan fingerprint density at radius 3 is 2.89 bits per heavy atom. The Morgan fingerprint density at radius 2 is 2.22 bits per heavy atom. The average Bonchev–Trinajstić information content (AvgIpc) is 3.24. The van der Waals surface area contributed by atoms with Crippen LogP contribution < -0.4 is 15.8 Å². The molecule has 3 rings (SSSR count). The number of aliphatic hydroxyl groups excluding tert-OH is 2. The minimum Gasteiger partial charge on any atom is -0.497 e. The molecule has 1 fully saturated rings. The molecule has 1 aromatic carbocycles. The molecule has 10 nitrogen and oxygen atoms in total. The summed E-state index contributed by atoms with van der Waals surface area (Å²) in [7, 11) is 1.57. The quantitative estimate of drug-likeness (QED) is 0.487. The van der Waals surface area contributed by atoms with E-state index in [1.807, 2.05) is 0 Å². The van der Waals surface area contributed by atoms with Gasteiger partial charge < -0.3 is 30.7 Å². The van der Waals surface area contributed by atoms with Gasteiger partial charge in [0.2, 0.25) is 5.82 Å². The van der Waals surface area contributed by atoms with E-state index in [4.69, 9.17) is 26.8 Å². The third-order valence-electron chi connectivity index (χ3n) is 4.24. The molecule has 2 aromatic rings. The first-order chi connectivity index (χ1) is 12.9. The maximum Gasteiger partial charge on any atom is 0.288 e. The summed E-state index contributed by atoms with van der Waals surface area (Å²) >= 11 is 6.16. The standard InChI is InChI=1S/C16H20ClN5O5/c1-26-9-2-3-10(17)8(4-9)5-19-6-11-12(23)13(24)16(27-11)22-7-20-15(21-22)14(18)25/h2-4,7,11-13,16,19,23-24H,5-6H2,1H3,(H2,18,25)/t11-,12-,13-,16-/m1/s1. The summed E-state index contributed by atoms with van der Waals surface area (Å²) in [5, 5.41) is 28.0. The number of hydrogen-bond donors (Lipinski definition) is 4. The Kier molecular flexibility index (Phi) is 5.92. The van der Waals surface area contributed by atoms with Crippen LogP contribution in [0.2, 0.25) is 5.02 Å². The summed E-state index contributed by atoms with van der Waals surface area (Å²) in [6, 6.07) is 5.30. The van der Waals surface area contributed by atoms with Crippen molar-refractivity contribution < 1.29 is 24.5 Å². The molecule has 5 N–H and O–H groups in total. The van der Waals surface area contributed by atoms with Gasteiger partial charge in [0.05, 0.1) is 7.11 Å². The van der Waals surface area contributed by atoms with E-state index >= 15 is 0 Å². The SMILES string of the molecule is COc1ccc(Cl)c(CNC[C@H]2O[C@@H](n3cnc(C(N)=O)n3)[C@H](O)[C@@H]2O)c1. The highest BCUT2D eigenvalue weighted by Gasteiger charge is 2.44. The maximum absolute atomic E-state index is 11.1. The molecule has 1 aliphatic rings. The second kappa shape index (κ2) is 8.19.